The van der Waals surface area contributed by atoms with Gasteiger partial charge in [0.1, 0.15) is 5.82 Å². The summed E-state index contributed by atoms with van der Waals surface area (Å²) in [7, 11) is 3.11. The fraction of sp³-hybridized carbons (Fsp3) is 0.429. The van der Waals surface area contributed by atoms with Crippen LogP contribution in [0.25, 0.3) is 0 Å². The number of methoxy groups -OCH3 is 1. The summed E-state index contributed by atoms with van der Waals surface area (Å²) in [5.41, 5.74) is 0.0209. The molecule has 11 heteroatoms. The number of urea groups is 1. The number of hydrogen-bond acceptors (Lipinski definition) is 6. The van der Waals surface area contributed by atoms with E-state index in [9.17, 15) is 18.0 Å². The molecular weight excluding hydrogens is 443 g/mol. The summed E-state index contributed by atoms with van der Waals surface area (Å²) < 4.78 is 45.7. The number of alkyl halides is 3. The van der Waals surface area contributed by atoms with E-state index >= 15 is 0 Å². The zero-order valence-electron chi connectivity index (χ0n) is 17.9. The number of allylic oxidation sites excluding steroid dienone is 1. The average Bonchev–Trinajstić information content (AvgIpc) is 3.49. The lowest BCUT2D eigenvalue weighted by molar-refractivity contribution is -0.137. The minimum absolute atomic E-state index is 0.229. The van der Waals surface area contributed by atoms with Crippen molar-refractivity contribution in [3.63, 3.8) is 0 Å². The lowest BCUT2D eigenvalue weighted by Gasteiger charge is -2.27. The molecule has 4 rings (SSSR count). The summed E-state index contributed by atoms with van der Waals surface area (Å²) in [5, 5.41) is 7.13. The van der Waals surface area contributed by atoms with Gasteiger partial charge >= 0.3 is 12.2 Å². The molecule has 0 saturated carbocycles. The van der Waals surface area contributed by atoms with E-state index in [1.807, 2.05) is 17.9 Å². The molecule has 2 N–H and O–H groups in total. The number of benzene rings is 1. The average molecular weight is 468 g/mol. The van der Waals surface area contributed by atoms with Crippen molar-refractivity contribution < 1.29 is 22.7 Å². The molecule has 1 aromatic carbocycles. The van der Waals surface area contributed by atoms with Crippen molar-refractivity contribution in [2.24, 2.45) is 0 Å². The largest absolute Gasteiger partial charge is 0.486 e. The molecule has 0 bridgehead atoms. The van der Waals surface area contributed by atoms with Crippen LogP contribution in [0.2, 0.25) is 0 Å². The number of thiazole rings is 1. The van der Waals surface area contributed by atoms with Gasteiger partial charge in [-0.25, -0.2) is 9.78 Å². The third-order valence-electron chi connectivity index (χ3n) is 5.99. The van der Waals surface area contributed by atoms with Gasteiger partial charge in [-0.1, -0.05) is 11.3 Å². The molecule has 7 nitrogen and oxygen atoms in total. The Balaban J connectivity index is 1.72. The van der Waals surface area contributed by atoms with Crippen LogP contribution < -0.4 is 20.3 Å². The van der Waals surface area contributed by atoms with Gasteiger partial charge in [-0.3, -0.25) is 0 Å². The van der Waals surface area contributed by atoms with Crippen LogP contribution in [0.5, 0.6) is 5.06 Å². The molecule has 172 valence electrons. The van der Waals surface area contributed by atoms with Crippen molar-refractivity contribution in [3.05, 3.63) is 47.4 Å². The lowest BCUT2D eigenvalue weighted by Crippen LogP contribution is -2.41. The van der Waals surface area contributed by atoms with Crippen molar-refractivity contribution in [3.8, 4) is 5.06 Å². The number of fused-ring (bicyclic) bond motifs is 2. The molecule has 0 radical (unpaired) electrons. The molecule has 2 aromatic rings. The second-order valence-corrected chi connectivity index (χ2v) is 8.80. The molecule has 1 aromatic heterocycles. The quantitative estimate of drug-likeness (QED) is 0.704. The summed E-state index contributed by atoms with van der Waals surface area (Å²) in [6.45, 7) is 3.13. The van der Waals surface area contributed by atoms with Crippen molar-refractivity contribution in [1.29, 1.82) is 0 Å². The number of ether oxygens (including phenoxy) is 1. The van der Waals surface area contributed by atoms with Crippen LogP contribution in [0.1, 0.15) is 24.5 Å². The summed E-state index contributed by atoms with van der Waals surface area (Å²) >= 11 is 1.33. The standard InChI is InChI=1S/C21H24F3N5O2S/c1-4-16(27-18-26-10-17(31-3)32-18)29-12-20(7-8-28(11-20)19(30)25-2)14-9-13(21(22,23)24)5-6-15(14)29/h4-6,9-10H,7-8,11-12H2,1-3H3,(H,25,30)(H,26,27)/t20-/m1/s1. The number of likely N-dealkylation sites (tertiary alicyclic amines) is 1. The van der Waals surface area contributed by atoms with E-state index in [0.717, 1.165) is 6.07 Å². The molecule has 0 unspecified atom stereocenters. The van der Waals surface area contributed by atoms with E-state index < -0.39 is 17.2 Å². The lowest BCUT2D eigenvalue weighted by atomic mass is 9.81. The topological polar surface area (TPSA) is 69.7 Å². The predicted octanol–water partition coefficient (Wildman–Crippen LogP) is 4.25. The van der Waals surface area contributed by atoms with Crippen LogP contribution in [0.4, 0.5) is 28.8 Å². The fourth-order valence-electron chi connectivity index (χ4n) is 4.43. The Kier molecular flexibility index (Phi) is 5.70. The molecule has 2 amide bonds. The Hall–Kier alpha value is -2.95. The monoisotopic (exact) mass is 467 g/mol. The van der Waals surface area contributed by atoms with Crippen LogP contribution in [-0.2, 0) is 11.6 Å². The summed E-state index contributed by atoms with van der Waals surface area (Å²) in [4.78, 5) is 20.1. The third-order valence-corrected chi connectivity index (χ3v) is 6.86. The Morgan fingerprint density at radius 3 is 2.75 bits per heavy atom. The molecular formula is C21H24F3N5O2S. The Bertz CT molecular complexity index is 1050. The SMILES string of the molecule is CC=C(Nc1ncc(OC)s1)N1C[C@]2(CCN(C(=O)NC)C2)c2cc(C(F)(F)F)ccc21. The van der Waals surface area contributed by atoms with E-state index in [2.05, 4.69) is 15.6 Å². The molecule has 1 atom stereocenters. The Labute approximate surface area is 187 Å². The highest BCUT2D eigenvalue weighted by atomic mass is 32.1. The van der Waals surface area contributed by atoms with Gasteiger partial charge in [-0.2, -0.15) is 13.2 Å². The number of aromatic nitrogens is 1. The van der Waals surface area contributed by atoms with Crippen molar-refractivity contribution in [2.75, 3.05) is 44.0 Å². The van der Waals surface area contributed by atoms with Gasteiger partial charge in [0.25, 0.3) is 0 Å². The minimum atomic E-state index is -4.44. The highest BCUT2D eigenvalue weighted by Gasteiger charge is 2.50. The summed E-state index contributed by atoms with van der Waals surface area (Å²) in [6.07, 6.45) is -0.400. The number of anilines is 2. The summed E-state index contributed by atoms with van der Waals surface area (Å²) in [5.74, 6) is 0.707. The van der Waals surface area contributed by atoms with Crippen LogP contribution in [0.15, 0.2) is 36.3 Å². The number of nitrogens with zero attached hydrogens (tertiary/aromatic N) is 3. The van der Waals surface area contributed by atoms with Gasteiger partial charge in [0, 0.05) is 37.8 Å². The number of carbonyl (C=O) groups is 1. The first-order chi connectivity index (χ1) is 15.2. The van der Waals surface area contributed by atoms with Gasteiger partial charge in [0.2, 0.25) is 0 Å². The van der Waals surface area contributed by atoms with Gasteiger partial charge in [0.15, 0.2) is 10.2 Å². The van der Waals surface area contributed by atoms with Crippen LogP contribution >= 0.6 is 11.3 Å². The Morgan fingerprint density at radius 2 is 2.12 bits per heavy atom. The normalized spacial score (nSPS) is 20.6. The minimum Gasteiger partial charge on any atom is -0.486 e. The van der Waals surface area contributed by atoms with Crippen LogP contribution in [0.3, 0.4) is 0 Å². The number of amides is 2. The first kappa shape index (κ1) is 22.3. The van der Waals surface area contributed by atoms with Gasteiger partial charge in [0.05, 0.1) is 18.9 Å². The number of halogens is 3. The third kappa shape index (κ3) is 3.85. The van der Waals surface area contributed by atoms with Crippen molar-refractivity contribution >= 4 is 28.2 Å². The van der Waals surface area contributed by atoms with Gasteiger partial charge < -0.3 is 25.2 Å². The maximum absolute atomic E-state index is 13.5. The smallest absolute Gasteiger partial charge is 0.416 e. The van der Waals surface area contributed by atoms with E-state index in [4.69, 9.17) is 4.74 Å². The highest BCUT2D eigenvalue weighted by molar-refractivity contribution is 7.17. The number of rotatable bonds is 4. The molecule has 1 fully saturated rings. The fourth-order valence-corrected chi connectivity index (χ4v) is 5.07. The highest BCUT2D eigenvalue weighted by Crippen LogP contribution is 2.49. The van der Waals surface area contributed by atoms with Gasteiger partial charge in [-0.05, 0) is 43.2 Å². The van der Waals surface area contributed by atoms with Crippen LogP contribution in [0, 0.1) is 0 Å². The van der Waals surface area contributed by atoms with E-state index in [-0.39, 0.29) is 6.03 Å². The summed E-state index contributed by atoms with van der Waals surface area (Å²) in [6, 6.07) is 3.63. The van der Waals surface area contributed by atoms with Crippen molar-refractivity contribution in [1.82, 2.24) is 15.2 Å². The first-order valence-electron chi connectivity index (χ1n) is 10.1. The second kappa shape index (κ2) is 8.19. The maximum atomic E-state index is 13.5. The number of nitrogens with one attached hydrogen (secondary N) is 2. The molecule has 2 aliphatic heterocycles. The predicted molar refractivity (Wildman–Crippen MR) is 117 cm³/mol. The van der Waals surface area contributed by atoms with Gasteiger partial charge in [-0.15, -0.1) is 0 Å². The molecule has 3 heterocycles. The van der Waals surface area contributed by atoms with Crippen LogP contribution in [-0.4, -0.2) is 49.7 Å². The van der Waals surface area contributed by atoms with E-state index in [1.54, 1.807) is 25.3 Å². The zero-order valence-corrected chi connectivity index (χ0v) is 18.7. The molecule has 1 spiro atoms. The van der Waals surface area contributed by atoms with E-state index in [0.29, 0.717) is 53.3 Å². The number of carbonyl (C=O) groups excluding carboxylic acids is 1. The molecule has 0 aliphatic carbocycles. The molecule has 1 saturated heterocycles. The maximum Gasteiger partial charge on any atom is 0.416 e. The van der Waals surface area contributed by atoms with E-state index in [1.165, 1.54) is 23.5 Å². The second-order valence-electron chi connectivity index (χ2n) is 7.81. The zero-order chi connectivity index (χ0) is 23.1. The number of hydrogen-bond donors (Lipinski definition) is 2. The first-order valence-corrected chi connectivity index (χ1v) is 10.9. The molecule has 32 heavy (non-hydrogen) atoms. The van der Waals surface area contributed by atoms with Crippen molar-refractivity contribution in [2.45, 2.75) is 24.9 Å². The molecule has 2 aliphatic rings. The Morgan fingerprint density at radius 1 is 1.34 bits per heavy atom.